The Balaban J connectivity index is 1.44. The van der Waals surface area contributed by atoms with Crippen LogP contribution in [0.3, 0.4) is 0 Å². The molecule has 154 valence electrons. The number of nitrogens with zero attached hydrogens (tertiary/aromatic N) is 3. The number of fused-ring (bicyclic) bond motifs is 1. The van der Waals surface area contributed by atoms with E-state index in [0.717, 1.165) is 43.0 Å². The molecule has 0 radical (unpaired) electrons. The van der Waals surface area contributed by atoms with Gasteiger partial charge in [-0.3, -0.25) is 4.79 Å². The third-order valence-corrected chi connectivity index (χ3v) is 5.68. The normalized spacial score (nSPS) is 20.1. The van der Waals surface area contributed by atoms with Crippen LogP contribution >= 0.6 is 0 Å². The van der Waals surface area contributed by atoms with Crippen LogP contribution in [0.5, 0.6) is 5.75 Å². The fourth-order valence-electron chi connectivity index (χ4n) is 3.99. The molecule has 2 aliphatic rings. The quantitative estimate of drug-likeness (QED) is 0.839. The zero-order valence-corrected chi connectivity index (χ0v) is 16.7. The van der Waals surface area contributed by atoms with E-state index >= 15 is 0 Å². The van der Waals surface area contributed by atoms with Gasteiger partial charge in [0, 0.05) is 43.7 Å². The standard InChI is InChI=1S/C22H27FN4O2/c1-2-19(29-20-8-4-3-7-17(20)23)22(28)27-11-9-18-16(14-27)13-25-21(26-18)15-6-5-10-24-12-15/h3-4,7-8,13,15,19,24H,2,5-6,9-12,14H2,1H3/t15-,19-/m1/s1. The fourth-order valence-corrected chi connectivity index (χ4v) is 3.99. The number of aromatic nitrogens is 2. The molecule has 1 aromatic carbocycles. The highest BCUT2D eigenvalue weighted by molar-refractivity contribution is 5.81. The van der Waals surface area contributed by atoms with Crippen LogP contribution in [0.1, 0.15) is 49.2 Å². The average molecular weight is 398 g/mol. The molecule has 1 fully saturated rings. The maximum atomic E-state index is 13.9. The second-order valence-corrected chi connectivity index (χ2v) is 7.70. The van der Waals surface area contributed by atoms with E-state index in [1.807, 2.05) is 13.1 Å². The summed E-state index contributed by atoms with van der Waals surface area (Å²) in [6.07, 6.45) is 4.59. The molecule has 0 saturated carbocycles. The SMILES string of the molecule is CC[C@@H](Oc1ccccc1F)C(=O)N1CCc2nc([C@@H]3CCCNC3)ncc2C1. The lowest BCUT2D eigenvalue weighted by Gasteiger charge is -2.31. The van der Waals surface area contributed by atoms with Crippen molar-refractivity contribution in [1.29, 1.82) is 0 Å². The Morgan fingerprint density at radius 1 is 1.41 bits per heavy atom. The molecule has 1 aromatic heterocycles. The summed E-state index contributed by atoms with van der Waals surface area (Å²) in [4.78, 5) is 24.2. The molecule has 2 aliphatic heterocycles. The van der Waals surface area contributed by atoms with Gasteiger partial charge in [-0.15, -0.1) is 0 Å². The number of carbonyl (C=O) groups is 1. The van der Waals surface area contributed by atoms with Gasteiger partial charge in [0.15, 0.2) is 17.7 Å². The van der Waals surface area contributed by atoms with E-state index in [0.29, 0.717) is 31.8 Å². The molecule has 2 aromatic rings. The van der Waals surface area contributed by atoms with Crippen molar-refractivity contribution < 1.29 is 13.9 Å². The summed E-state index contributed by atoms with van der Waals surface area (Å²) in [6, 6.07) is 6.18. The van der Waals surface area contributed by atoms with Crippen LogP contribution in [-0.4, -0.2) is 46.5 Å². The Labute approximate surface area is 170 Å². The smallest absolute Gasteiger partial charge is 0.263 e. The van der Waals surface area contributed by atoms with E-state index in [2.05, 4.69) is 10.3 Å². The molecule has 1 saturated heterocycles. The van der Waals surface area contributed by atoms with Crippen molar-refractivity contribution in [3.05, 3.63) is 53.4 Å². The number of hydrogen-bond acceptors (Lipinski definition) is 5. The number of carbonyl (C=O) groups excluding carboxylic acids is 1. The lowest BCUT2D eigenvalue weighted by Crippen LogP contribution is -2.44. The van der Waals surface area contributed by atoms with Crippen LogP contribution in [-0.2, 0) is 17.8 Å². The predicted octanol–water partition coefficient (Wildman–Crippen LogP) is 2.83. The Morgan fingerprint density at radius 3 is 3.03 bits per heavy atom. The highest BCUT2D eigenvalue weighted by Crippen LogP contribution is 2.25. The summed E-state index contributed by atoms with van der Waals surface area (Å²) in [7, 11) is 0. The minimum absolute atomic E-state index is 0.110. The van der Waals surface area contributed by atoms with Crippen molar-refractivity contribution in [2.24, 2.45) is 0 Å². The zero-order chi connectivity index (χ0) is 20.2. The van der Waals surface area contributed by atoms with Crippen molar-refractivity contribution in [2.45, 2.75) is 51.2 Å². The molecule has 0 unspecified atom stereocenters. The van der Waals surface area contributed by atoms with Gasteiger partial charge in [0.1, 0.15) is 5.82 Å². The lowest BCUT2D eigenvalue weighted by molar-refractivity contribution is -0.140. The van der Waals surface area contributed by atoms with E-state index in [1.54, 1.807) is 23.1 Å². The van der Waals surface area contributed by atoms with Gasteiger partial charge in [-0.1, -0.05) is 19.1 Å². The van der Waals surface area contributed by atoms with Gasteiger partial charge < -0.3 is 15.0 Å². The summed E-state index contributed by atoms with van der Waals surface area (Å²) in [5.41, 5.74) is 2.02. The predicted molar refractivity (Wildman–Crippen MR) is 107 cm³/mol. The number of hydrogen-bond donors (Lipinski definition) is 1. The summed E-state index contributed by atoms with van der Waals surface area (Å²) >= 11 is 0. The van der Waals surface area contributed by atoms with E-state index in [9.17, 15) is 9.18 Å². The third-order valence-electron chi connectivity index (χ3n) is 5.68. The molecule has 1 amide bonds. The minimum atomic E-state index is -0.707. The molecule has 6 nitrogen and oxygen atoms in total. The van der Waals surface area contributed by atoms with Crippen molar-refractivity contribution in [3.63, 3.8) is 0 Å². The molecule has 0 bridgehead atoms. The van der Waals surface area contributed by atoms with Crippen molar-refractivity contribution in [2.75, 3.05) is 19.6 Å². The summed E-state index contributed by atoms with van der Waals surface area (Å²) in [5.74, 6) is 0.805. The van der Waals surface area contributed by atoms with Crippen molar-refractivity contribution >= 4 is 5.91 Å². The number of para-hydroxylation sites is 1. The maximum Gasteiger partial charge on any atom is 0.263 e. The first kappa shape index (κ1) is 19.8. The number of rotatable bonds is 5. The van der Waals surface area contributed by atoms with Gasteiger partial charge in [0.2, 0.25) is 0 Å². The van der Waals surface area contributed by atoms with Gasteiger partial charge >= 0.3 is 0 Å². The molecule has 7 heteroatoms. The summed E-state index contributed by atoms with van der Waals surface area (Å²) < 4.78 is 19.6. The summed E-state index contributed by atoms with van der Waals surface area (Å²) in [6.45, 7) is 4.91. The van der Waals surface area contributed by atoms with Gasteiger partial charge in [0.05, 0.1) is 5.69 Å². The number of ether oxygens (including phenoxy) is 1. The highest BCUT2D eigenvalue weighted by Gasteiger charge is 2.29. The topological polar surface area (TPSA) is 67.3 Å². The Bertz CT molecular complexity index is 870. The van der Waals surface area contributed by atoms with Gasteiger partial charge in [-0.2, -0.15) is 0 Å². The van der Waals surface area contributed by atoms with Crippen LogP contribution in [0.25, 0.3) is 0 Å². The van der Waals surface area contributed by atoms with Gasteiger partial charge in [-0.25, -0.2) is 14.4 Å². The molecule has 0 spiro atoms. The Hall–Kier alpha value is -2.54. The van der Waals surface area contributed by atoms with Gasteiger partial charge in [0.25, 0.3) is 5.91 Å². The molecule has 29 heavy (non-hydrogen) atoms. The second-order valence-electron chi connectivity index (χ2n) is 7.70. The second kappa shape index (κ2) is 8.86. The largest absolute Gasteiger partial charge is 0.478 e. The summed E-state index contributed by atoms with van der Waals surface area (Å²) in [5, 5.41) is 3.40. The van der Waals surface area contributed by atoms with Gasteiger partial charge in [-0.05, 0) is 37.9 Å². The lowest BCUT2D eigenvalue weighted by atomic mass is 9.98. The molecule has 3 heterocycles. The number of halogens is 1. The maximum absolute atomic E-state index is 13.9. The number of benzene rings is 1. The van der Waals surface area contributed by atoms with E-state index in [1.165, 1.54) is 6.07 Å². The Kier molecular flexibility index (Phi) is 6.04. The first-order valence-corrected chi connectivity index (χ1v) is 10.4. The molecule has 4 rings (SSSR count). The van der Waals surface area contributed by atoms with E-state index in [-0.39, 0.29) is 11.7 Å². The van der Waals surface area contributed by atoms with Crippen LogP contribution in [0.15, 0.2) is 30.5 Å². The Morgan fingerprint density at radius 2 is 2.28 bits per heavy atom. The van der Waals surface area contributed by atoms with Crippen LogP contribution in [0.4, 0.5) is 4.39 Å². The van der Waals surface area contributed by atoms with Crippen LogP contribution in [0.2, 0.25) is 0 Å². The number of piperidine rings is 1. The molecular formula is C22H27FN4O2. The van der Waals surface area contributed by atoms with Crippen LogP contribution < -0.4 is 10.1 Å². The zero-order valence-electron chi connectivity index (χ0n) is 16.7. The molecular weight excluding hydrogens is 371 g/mol. The van der Waals surface area contributed by atoms with E-state index in [4.69, 9.17) is 9.72 Å². The molecule has 0 aliphatic carbocycles. The molecule has 2 atom stereocenters. The van der Waals surface area contributed by atoms with Crippen LogP contribution in [0, 0.1) is 5.82 Å². The highest BCUT2D eigenvalue weighted by atomic mass is 19.1. The first-order chi connectivity index (χ1) is 14.2. The fraction of sp³-hybridized carbons (Fsp3) is 0.500. The molecule has 1 N–H and O–H groups in total. The monoisotopic (exact) mass is 398 g/mol. The van der Waals surface area contributed by atoms with Crippen molar-refractivity contribution in [1.82, 2.24) is 20.2 Å². The third kappa shape index (κ3) is 4.40. The average Bonchev–Trinajstić information content (AvgIpc) is 2.78. The van der Waals surface area contributed by atoms with Crippen molar-refractivity contribution in [3.8, 4) is 5.75 Å². The first-order valence-electron chi connectivity index (χ1n) is 10.4. The number of amides is 1. The van der Waals surface area contributed by atoms with E-state index < -0.39 is 11.9 Å². The minimum Gasteiger partial charge on any atom is -0.478 e. The number of nitrogens with one attached hydrogen (secondary N) is 1.